The summed E-state index contributed by atoms with van der Waals surface area (Å²) in [5.41, 5.74) is 0.789. The minimum atomic E-state index is -0.548. The van der Waals surface area contributed by atoms with Crippen molar-refractivity contribution in [3.8, 4) is 34.7 Å². The van der Waals surface area contributed by atoms with Crippen molar-refractivity contribution < 1.29 is 22.9 Å². The molecule has 0 radical (unpaired) electrons. The number of nitro benzene ring substituents is 1. The summed E-state index contributed by atoms with van der Waals surface area (Å²) in [4.78, 5) is 14.9. The minimum Gasteiger partial charge on any atom is -0.490 e. The number of ether oxygens (including phenoxy) is 1. The van der Waals surface area contributed by atoms with Crippen LogP contribution in [-0.4, -0.2) is 18.2 Å². The molecule has 0 aliphatic heterocycles. The summed E-state index contributed by atoms with van der Waals surface area (Å²) < 4.78 is 21.7. The summed E-state index contributed by atoms with van der Waals surface area (Å²) >= 11 is 0. The summed E-state index contributed by atoms with van der Waals surface area (Å²) in [5.74, 6) is 1.27. The Morgan fingerprint density at radius 1 is 1.17 bits per heavy atom. The Hall–Kier alpha value is -4.58. The lowest BCUT2D eigenvalue weighted by Gasteiger charge is -2.01. The largest absolute Gasteiger partial charge is 0.490 e. The molecule has 0 aliphatic carbocycles. The molecular weight excluding hydrogens is 390 g/mol. The fourth-order valence-electron chi connectivity index (χ4n) is 2.91. The predicted octanol–water partition coefficient (Wildman–Crippen LogP) is 5.34. The summed E-state index contributed by atoms with van der Waals surface area (Å²) in [6.45, 7) is 0. The molecule has 0 aliphatic rings. The molecule has 3 aromatic heterocycles. The molecule has 0 N–H and O–H groups in total. The molecule has 0 bridgehead atoms. The summed E-state index contributed by atoms with van der Waals surface area (Å²) in [5, 5.41) is 20.9. The van der Waals surface area contributed by atoms with Crippen LogP contribution in [0.5, 0.6) is 5.75 Å². The standard InChI is InChI=1S/C21H13N3O6/c1-27-16-7-6-13(10-15(16)24(25)26)12-23-21-14(11-22)19(17-4-2-8-28-17)20(30-21)18-5-3-9-29-18/h2-10,12H,1H3. The molecule has 30 heavy (non-hydrogen) atoms. The Morgan fingerprint density at radius 3 is 2.50 bits per heavy atom. The van der Waals surface area contributed by atoms with E-state index in [0.717, 1.165) is 0 Å². The van der Waals surface area contributed by atoms with Crippen molar-refractivity contribution in [3.63, 3.8) is 0 Å². The highest BCUT2D eigenvalue weighted by Gasteiger charge is 2.26. The van der Waals surface area contributed by atoms with Crippen LogP contribution in [0.3, 0.4) is 0 Å². The van der Waals surface area contributed by atoms with Crippen molar-refractivity contribution in [1.29, 1.82) is 5.26 Å². The maximum atomic E-state index is 11.2. The van der Waals surface area contributed by atoms with E-state index in [4.69, 9.17) is 18.0 Å². The van der Waals surface area contributed by atoms with Gasteiger partial charge in [-0.05, 0) is 42.0 Å². The number of benzene rings is 1. The van der Waals surface area contributed by atoms with E-state index in [1.807, 2.05) is 0 Å². The van der Waals surface area contributed by atoms with Gasteiger partial charge in [-0.25, -0.2) is 4.99 Å². The molecule has 0 unspecified atom stereocenters. The zero-order chi connectivity index (χ0) is 21.1. The van der Waals surface area contributed by atoms with Crippen LogP contribution in [0.1, 0.15) is 11.1 Å². The second-order valence-corrected chi connectivity index (χ2v) is 6.00. The van der Waals surface area contributed by atoms with Crippen LogP contribution in [0.4, 0.5) is 11.6 Å². The Bertz CT molecular complexity index is 1260. The molecule has 9 nitrogen and oxygen atoms in total. The van der Waals surface area contributed by atoms with Crippen LogP contribution < -0.4 is 4.74 Å². The fourth-order valence-corrected chi connectivity index (χ4v) is 2.91. The van der Waals surface area contributed by atoms with Crippen molar-refractivity contribution in [3.05, 3.63) is 76.2 Å². The lowest BCUT2D eigenvalue weighted by Crippen LogP contribution is -1.95. The van der Waals surface area contributed by atoms with Gasteiger partial charge in [-0.1, -0.05) is 0 Å². The van der Waals surface area contributed by atoms with Crippen molar-refractivity contribution in [2.75, 3.05) is 7.11 Å². The average molecular weight is 403 g/mol. The van der Waals surface area contributed by atoms with Gasteiger partial charge >= 0.3 is 5.69 Å². The second kappa shape index (κ2) is 7.81. The Balaban J connectivity index is 1.81. The third-order valence-electron chi connectivity index (χ3n) is 4.24. The normalized spacial score (nSPS) is 10.9. The van der Waals surface area contributed by atoms with Crippen molar-refractivity contribution in [2.24, 2.45) is 4.99 Å². The number of hydrogen-bond donors (Lipinski definition) is 0. The molecule has 0 fully saturated rings. The first-order chi connectivity index (χ1) is 14.6. The molecule has 0 atom stereocenters. The van der Waals surface area contributed by atoms with Gasteiger partial charge in [0.25, 0.3) is 0 Å². The first-order valence-corrected chi connectivity index (χ1v) is 8.63. The molecule has 3 heterocycles. The Labute approximate surface area is 169 Å². The lowest BCUT2D eigenvalue weighted by atomic mass is 10.1. The van der Waals surface area contributed by atoms with E-state index in [1.54, 1.807) is 30.3 Å². The lowest BCUT2D eigenvalue weighted by molar-refractivity contribution is -0.385. The van der Waals surface area contributed by atoms with Crippen LogP contribution in [0, 0.1) is 21.4 Å². The van der Waals surface area contributed by atoms with Crippen molar-refractivity contribution in [1.82, 2.24) is 0 Å². The molecule has 1 aromatic carbocycles. The van der Waals surface area contributed by atoms with E-state index < -0.39 is 4.92 Å². The SMILES string of the molecule is COc1ccc(C=Nc2oc(-c3ccco3)c(-c3ccco3)c2C#N)cc1[N+](=O)[O-]. The number of hydrogen-bond acceptors (Lipinski definition) is 8. The zero-order valence-electron chi connectivity index (χ0n) is 15.6. The maximum Gasteiger partial charge on any atom is 0.311 e. The number of methoxy groups -OCH3 is 1. The molecule has 0 spiro atoms. The predicted molar refractivity (Wildman–Crippen MR) is 106 cm³/mol. The highest BCUT2D eigenvalue weighted by molar-refractivity contribution is 5.88. The van der Waals surface area contributed by atoms with Gasteiger partial charge in [0.2, 0.25) is 5.88 Å². The number of nitrogens with zero attached hydrogens (tertiary/aromatic N) is 3. The van der Waals surface area contributed by atoms with Gasteiger partial charge in [0.1, 0.15) is 17.4 Å². The number of rotatable bonds is 6. The molecule has 9 heteroatoms. The highest BCUT2D eigenvalue weighted by atomic mass is 16.6. The average Bonchev–Trinajstić information content (AvgIpc) is 3.51. The van der Waals surface area contributed by atoms with E-state index in [-0.39, 0.29) is 22.9 Å². The fraction of sp³-hybridized carbons (Fsp3) is 0.0476. The number of furan rings is 3. The number of aliphatic imine (C=N–C) groups is 1. The van der Waals surface area contributed by atoms with Crippen molar-refractivity contribution >= 4 is 17.8 Å². The third-order valence-corrected chi connectivity index (χ3v) is 4.24. The van der Waals surface area contributed by atoms with Crippen LogP contribution in [0.2, 0.25) is 0 Å². The topological polar surface area (TPSA) is 128 Å². The van der Waals surface area contributed by atoms with Gasteiger partial charge in [-0.15, -0.1) is 0 Å². The number of nitriles is 1. The Kier molecular flexibility index (Phi) is 4.88. The first kappa shape index (κ1) is 18.8. The molecule has 0 saturated carbocycles. The highest BCUT2D eigenvalue weighted by Crippen LogP contribution is 2.42. The Morgan fingerprint density at radius 2 is 1.90 bits per heavy atom. The zero-order valence-corrected chi connectivity index (χ0v) is 15.6. The van der Waals surface area contributed by atoms with Crippen LogP contribution in [0.25, 0.3) is 22.8 Å². The van der Waals surface area contributed by atoms with E-state index in [9.17, 15) is 15.4 Å². The van der Waals surface area contributed by atoms with Gasteiger partial charge in [0.15, 0.2) is 17.3 Å². The summed E-state index contributed by atoms with van der Waals surface area (Å²) in [6.07, 6.45) is 4.33. The quantitative estimate of drug-likeness (QED) is 0.241. The monoisotopic (exact) mass is 403 g/mol. The van der Waals surface area contributed by atoms with Gasteiger partial charge in [0.05, 0.1) is 30.1 Å². The molecule has 4 aromatic rings. The van der Waals surface area contributed by atoms with Gasteiger partial charge in [-0.2, -0.15) is 5.26 Å². The van der Waals surface area contributed by atoms with E-state index >= 15 is 0 Å². The van der Waals surface area contributed by atoms with Crippen LogP contribution >= 0.6 is 0 Å². The smallest absolute Gasteiger partial charge is 0.311 e. The minimum absolute atomic E-state index is 0.0220. The third kappa shape index (κ3) is 3.33. The van der Waals surface area contributed by atoms with Gasteiger partial charge < -0.3 is 18.0 Å². The maximum absolute atomic E-state index is 11.2. The van der Waals surface area contributed by atoms with Crippen LogP contribution in [0.15, 0.2) is 73.2 Å². The van der Waals surface area contributed by atoms with E-state index in [2.05, 4.69) is 11.1 Å². The molecule has 0 amide bonds. The van der Waals surface area contributed by atoms with E-state index in [0.29, 0.717) is 28.4 Å². The van der Waals surface area contributed by atoms with Gasteiger partial charge in [0, 0.05) is 12.3 Å². The molecule has 148 valence electrons. The summed E-state index contributed by atoms with van der Waals surface area (Å²) in [7, 11) is 1.35. The summed E-state index contributed by atoms with van der Waals surface area (Å²) in [6, 6.07) is 13.2. The number of nitro groups is 1. The van der Waals surface area contributed by atoms with Gasteiger partial charge in [-0.3, -0.25) is 10.1 Å². The molecule has 0 saturated heterocycles. The molecule has 4 rings (SSSR count). The first-order valence-electron chi connectivity index (χ1n) is 8.63. The van der Waals surface area contributed by atoms with Crippen molar-refractivity contribution in [2.45, 2.75) is 0 Å². The van der Waals surface area contributed by atoms with Crippen LogP contribution in [-0.2, 0) is 0 Å². The van der Waals surface area contributed by atoms with E-state index in [1.165, 1.54) is 38.0 Å². The molecular formula is C21H13N3O6. The second-order valence-electron chi connectivity index (χ2n) is 6.00.